The molecule has 0 aliphatic carbocycles. The number of hydrogen-bond donors (Lipinski definition) is 1. The number of carbonyl (C=O) groups is 3. The van der Waals surface area contributed by atoms with Crippen molar-refractivity contribution in [2.24, 2.45) is 0 Å². The predicted octanol–water partition coefficient (Wildman–Crippen LogP) is 3.10. The SMILES string of the molecule is CC(C)OCCC(C(=O)OC(C)(C)C)N1CC(=O)NC(c2cc(Cl)ccc2-n2cc(Cl)nn2)C1=O. The van der Waals surface area contributed by atoms with Gasteiger partial charge in [-0.15, -0.1) is 5.10 Å². The van der Waals surface area contributed by atoms with E-state index in [0.717, 1.165) is 0 Å². The van der Waals surface area contributed by atoms with Crippen molar-refractivity contribution in [3.05, 3.63) is 40.1 Å². The molecule has 2 unspecified atom stereocenters. The van der Waals surface area contributed by atoms with Crippen LogP contribution >= 0.6 is 23.2 Å². The minimum absolute atomic E-state index is 0.0640. The Hall–Kier alpha value is -2.69. The smallest absolute Gasteiger partial charge is 0.329 e. The summed E-state index contributed by atoms with van der Waals surface area (Å²) in [5, 5.41) is 10.9. The highest BCUT2D eigenvalue weighted by Gasteiger charge is 2.42. The average Bonchev–Trinajstić information content (AvgIpc) is 3.17. The first kappa shape index (κ1) is 26.9. The Kier molecular flexibility index (Phi) is 8.40. The molecular formula is C23H29Cl2N5O5. The van der Waals surface area contributed by atoms with Crippen LogP contribution in [0.4, 0.5) is 0 Å². The number of hydrogen-bond acceptors (Lipinski definition) is 7. The number of ether oxygens (including phenoxy) is 2. The van der Waals surface area contributed by atoms with Gasteiger partial charge in [0.25, 0.3) is 5.91 Å². The van der Waals surface area contributed by atoms with Gasteiger partial charge in [0.15, 0.2) is 5.15 Å². The number of carbonyl (C=O) groups excluding carboxylic acids is 3. The fourth-order valence-corrected chi connectivity index (χ4v) is 3.96. The van der Waals surface area contributed by atoms with Crippen LogP contribution in [0.2, 0.25) is 10.2 Å². The first-order valence-corrected chi connectivity index (χ1v) is 11.9. The second-order valence-corrected chi connectivity index (χ2v) is 10.2. The number of aromatic nitrogens is 3. The molecule has 2 atom stereocenters. The van der Waals surface area contributed by atoms with E-state index >= 15 is 0 Å². The Labute approximate surface area is 213 Å². The Bertz CT molecular complexity index is 1100. The van der Waals surface area contributed by atoms with Gasteiger partial charge in [-0.3, -0.25) is 9.59 Å². The summed E-state index contributed by atoms with van der Waals surface area (Å²) >= 11 is 12.2. The van der Waals surface area contributed by atoms with E-state index in [0.29, 0.717) is 16.3 Å². The van der Waals surface area contributed by atoms with Crippen molar-refractivity contribution in [2.75, 3.05) is 13.2 Å². The molecule has 10 nitrogen and oxygen atoms in total. The number of piperazine rings is 1. The highest BCUT2D eigenvalue weighted by atomic mass is 35.5. The van der Waals surface area contributed by atoms with E-state index in [4.69, 9.17) is 32.7 Å². The molecule has 0 saturated carbocycles. The summed E-state index contributed by atoms with van der Waals surface area (Å²) in [5.74, 6) is -1.53. The van der Waals surface area contributed by atoms with Crippen LogP contribution in [0, 0.1) is 0 Å². The fraction of sp³-hybridized carbons (Fsp3) is 0.522. The molecule has 2 aromatic rings. The lowest BCUT2D eigenvalue weighted by Crippen LogP contribution is -2.59. The first-order chi connectivity index (χ1) is 16.4. The molecule has 0 bridgehead atoms. The third-order valence-electron chi connectivity index (χ3n) is 5.06. The van der Waals surface area contributed by atoms with Crippen molar-refractivity contribution < 1.29 is 23.9 Å². The van der Waals surface area contributed by atoms with Gasteiger partial charge < -0.3 is 19.7 Å². The zero-order valence-electron chi connectivity index (χ0n) is 20.2. The van der Waals surface area contributed by atoms with Crippen LogP contribution in [0.25, 0.3) is 5.69 Å². The van der Waals surface area contributed by atoms with Crippen molar-refractivity contribution in [3.63, 3.8) is 0 Å². The van der Waals surface area contributed by atoms with Crippen LogP contribution in [0.15, 0.2) is 24.4 Å². The lowest BCUT2D eigenvalue weighted by atomic mass is 9.99. The number of halogens is 2. The number of nitrogens with zero attached hydrogens (tertiary/aromatic N) is 4. The van der Waals surface area contributed by atoms with Gasteiger partial charge >= 0.3 is 5.97 Å². The van der Waals surface area contributed by atoms with Crippen molar-refractivity contribution >= 4 is 41.0 Å². The van der Waals surface area contributed by atoms with E-state index in [2.05, 4.69) is 15.6 Å². The second-order valence-electron chi connectivity index (χ2n) is 9.41. The molecule has 190 valence electrons. The lowest BCUT2D eigenvalue weighted by molar-refractivity contribution is -0.168. The van der Waals surface area contributed by atoms with E-state index in [1.165, 1.54) is 15.8 Å². The van der Waals surface area contributed by atoms with Crippen LogP contribution in [-0.2, 0) is 23.9 Å². The molecule has 1 aliphatic heterocycles. The maximum Gasteiger partial charge on any atom is 0.329 e. The van der Waals surface area contributed by atoms with Crippen LogP contribution in [0.3, 0.4) is 0 Å². The molecule has 1 aliphatic rings. The quantitative estimate of drug-likeness (QED) is 0.526. The van der Waals surface area contributed by atoms with Gasteiger partial charge in [-0.25, -0.2) is 9.48 Å². The molecule has 1 aromatic heterocycles. The van der Waals surface area contributed by atoms with Crippen molar-refractivity contribution in [1.29, 1.82) is 0 Å². The summed E-state index contributed by atoms with van der Waals surface area (Å²) in [5.41, 5.74) is 0.0519. The molecule has 2 heterocycles. The maximum atomic E-state index is 13.7. The van der Waals surface area contributed by atoms with Gasteiger partial charge in [-0.1, -0.05) is 28.4 Å². The zero-order chi connectivity index (χ0) is 25.9. The number of esters is 1. The molecule has 3 rings (SSSR count). The Morgan fingerprint density at radius 3 is 2.57 bits per heavy atom. The van der Waals surface area contributed by atoms with Gasteiger partial charge in [0, 0.05) is 23.6 Å². The standard InChI is InChI=1S/C23H29Cl2N5O5/c1-13(2)34-9-8-17(22(33)35-23(3,4)5)29-12-19(31)26-20(21(29)32)15-10-14(24)6-7-16(15)30-11-18(25)27-28-30/h6-7,10-11,13,17,20H,8-9,12H2,1-5H3,(H,26,31). The molecule has 1 aromatic carbocycles. The Morgan fingerprint density at radius 1 is 1.26 bits per heavy atom. The normalized spacial score (nSPS) is 17.5. The van der Waals surface area contributed by atoms with Crippen LogP contribution < -0.4 is 5.32 Å². The molecule has 2 amide bonds. The van der Waals surface area contributed by atoms with Crippen molar-refractivity contribution in [2.45, 2.75) is 64.8 Å². The highest BCUT2D eigenvalue weighted by Crippen LogP contribution is 2.30. The molecule has 1 N–H and O–H groups in total. The highest BCUT2D eigenvalue weighted by molar-refractivity contribution is 6.30. The summed E-state index contributed by atoms with van der Waals surface area (Å²) in [6, 6.07) is 2.68. The van der Waals surface area contributed by atoms with Crippen LogP contribution in [-0.4, -0.2) is 68.6 Å². The largest absolute Gasteiger partial charge is 0.458 e. The zero-order valence-corrected chi connectivity index (χ0v) is 21.8. The van der Waals surface area contributed by atoms with Gasteiger partial charge in [0.05, 0.1) is 18.0 Å². The molecule has 0 spiro atoms. The van der Waals surface area contributed by atoms with Gasteiger partial charge in [-0.2, -0.15) is 0 Å². The van der Waals surface area contributed by atoms with E-state index < -0.39 is 35.5 Å². The minimum atomic E-state index is -1.12. The van der Waals surface area contributed by atoms with Crippen LogP contribution in [0.5, 0.6) is 0 Å². The summed E-state index contributed by atoms with van der Waals surface area (Å²) < 4.78 is 12.6. The second kappa shape index (κ2) is 10.9. The summed E-state index contributed by atoms with van der Waals surface area (Å²) in [6.45, 7) is 8.86. The molecular weight excluding hydrogens is 497 g/mol. The topological polar surface area (TPSA) is 116 Å². The molecule has 0 radical (unpaired) electrons. The van der Waals surface area contributed by atoms with Gasteiger partial charge in [0.1, 0.15) is 24.2 Å². The molecule has 1 saturated heterocycles. The van der Waals surface area contributed by atoms with Crippen molar-refractivity contribution in [3.8, 4) is 5.69 Å². The van der Waals surface area contributed by atoms with Crippen molar-refractivity contribution in [1.82, 2.24) is 25.2 Å². The Morgan fingerprint density at radius 2 is 1.97 bits per heavy atom. The van der Waals surface area contributed by atoms with E-state index in [1.807, 2.05) is 13.8 Å². The third-order valence-corrected chi connectivity index (χ3v) is 5.47. The summed E-state index contributed by atoms with van der Waals surface area (Å²) in [4.78, 5) is 40.8. The summed E-state index contributed by atoms with van der Waals surface area (Å²) in [6.07, 6.45) is 1.57. The molecule has 12 heteroatoms. The lowest BCUT2D eigenvalue weighted by Gasteiger charge is -2.38. The van der Waals surface area contributed by atoms with Crippen LogP contribution in [0.1, 0.15) is 52.6 Å². The van der Waals surface area contributed by atoms with Gasteiger partial charge in [0.2, 0.25) is 5.91 Å². The average molecular weight is 526 g/mol. The van der Waals surface area contributed by atoms with E-state index in [9.17, 15) is 14.4 Å². The number of nitrogens with one attached hydrogen (secondary N) is 1. The molecule has 35 heavy (non-hydrogen) atoms. The van der Waals surface area contributed by atoms with E-state index in [-0.39, 0.29) is 30.8 Å². The third kappa shape index (κ3) is 6.93. The predicted molar refractivity (Wildman–Crippen MR) is 129 cm³/mol. The molecule has 1 fully saturated rings. The first-order valence-electron chi connectivity index (χ1n) is 11.2. The number of rotatable bonds is 8. The summed E-state index contributed by atoms with van der Waals surface area (Å²) in [7, 11) is 0. The Balaban J connectivity index is 1.98. The van der Waals surface area contributed by atoms with E-state index in [1.54, 1.807) is 39.0 Å². The fourth-order valence-electron chi connectivity index (χ4n) is 3.65. The number of amides is 2. The number of benzene rings is 1. The monoisotopic (exact) mass is 525 g/mol. The van der Waals surface area contributed by atoms with Gasteiger partial charge in [-0.05, 0) is 52.8 Å². The maximum absolute atomic E-state index is 13.7. The minimum Gasteiger partial charge on any atom is -0.458 e.